The fourth-order valence-electron chi connectivity index (χ4n) is 5.55. The van der Waals surface area contributed by atoms with E-state index in [0.717, 1.165) is 65.9 Å². The van der Waals surface area contributed by atoms with E-state index >= 15 is 0 Å². The van der Waals surface area contributed by atoms with Crippen LogP contribution in [0.5, 0.6) is 11.5 Å². The zero-order valence-corrected chi connectivity index (χ0v) is 24.2. The zero-order chi connectivity index (χ0) is 26.9. The monoisotopic (exact) mass is 501 g/mol. The van der Waals surface area contributed by atoms with Crippen molar-refractivity contribution in [3.05, 3.63) is 22.3 Å². The molecule has 0 aromatic heterocycles. The number of ether oxygens (including phenoxy) is 2. The van der Waals surface area contributed by atoms with Crippen LogP contribution < -0.4 is 9.47 Å². The molecule has 0 bridgehead atoms. The third kappa shape index (κ3) is 8.81. The Morgan fingerprint density at radius 2 is 1.61 bits per heavy atom. The number of nitrogens with zero attached hydrogens (tertiary/aromatic N) is 1. The first kappa shape index (κ1) is 30.2. The molecule has 204 valence electrons. The Bertz CT molecular complexity index is 891. The van der Waals surface area contributed by atoms with Crippen LogP contribution in [0.25, 0.3) is 0 Å². The Labute approximate surface area is 220 Å². The van der Waals surface area contributed by atoms with Gasteiger partial charge in [-0.3, -0.25) is 4.79 Å². The van der Waals surface area contributed by atoms with Crippen molar-refractivity contribution in [1.29, 1.82) is 0 Å². The first-order valence-electron chi connectivity index (χ1n) is 14.2. The molecule has 1 aliphatic heterocycles. The molecule has 0 unspecified atom stereocenters. The molecule has 5 nitrogen and oxygen atoms in total. The van der Waals surface area contributed by atoms with Gasteiger partial charge in [-0.15, -0.1) is 0 Å². The van der Waals surface area contributed by atoms with E-state index in [-0.39, 0.29) is 11.6 Å². The molecule has 1 aromatic rings. The number of rotatable bonds is 14. The van der Waals surface area contributed by atoms with Crippen LogP contribution in [0.1, 0.15) is 128 Å². The van der Waals surface area contributed by atoms with Crippen LogP contribution in [0.4, 0.5) is 0 Å². The summed E-state index contributed by atoms with van der Waals surface area (Å²) >= 11 is 0. The number of carbonyl (C=O) groups is 1. The van der Waals surface area contributed by atoms with Crippen molar-refractivity contribution < 1.29 is 19.5 Å². The fourth-order valence-corrected chi connectivity index (χ4v) is 5.55. The lowest BCUT2D eigenvalue weighted by atomic mass is 9.83. The Balaban J connectivity index is 1.91. The first-order chi connectivity index (χ1) is 17.0. The smallest absolute Gasteiger partial charge is 0.308 e. The van der Waals surface area contributed by atoms with E-state index in [9.17, 15) is 10.0 Å². The number of carbonyl (C=O) groups excluding carboxylic acids is 1. The predicted octanol–water partition coefficient (Wildman–Crippen LogP) is 8.56. The van der Waals surface area contributed by atoms with Crippen molar-refractivity contribution in [2.24, 2.45) is 22.9 Å². The summed E-state index contributed by atoms with van der Waals surface area (Å²) in [6.45, 7) is 17.0. The van der Waals surface area contributed by atoms with Gasteiger partial charge in [0.05, 0.1) is 6.21 Å². The van der Waals surface area contributed by atoms with Crippen molar-refractivity contribution in [2.75, 3.05) is 0 Å². The topological polar surface area (TPSA) is 68.1 Å². The molecule has 0 saturated carbocycles. The van der Waals surface area contributed by atoms with E-state index in [1.165, 1.54) is 58.1 Å². The third-order valence-corrected chi connectivity index (χ3v) is 8.05. The largest absolute Gasteiger partial charge is 0.487 e. The summed E-state index contributed by atoms with van der Waals surface area (Å²) in [5.74, 6) is 3.34. The maximum atomic E-state index is 11.7. The minimum absolute atomic E-state index is 0.217. The summed E-state index contributed by atoms with van der Waals surface area (Å²) in [7, 11) is 0. The molecule has 0 radical (unpaired) electrons. The molecule has 0 fully saturated rings. The molecule has 0 aliphatic carbocycles. The highest BCUT2D eigenvalue weighted by Crippen LogP contribution is 2.45. The Hall–Kier alpha value is -2.04. The Kier molecular flexibility index (Phi) is 11.8. The van der Waals surface area contributed by atoms with Crippen molar-refractivity contribution >= 4 is 12.2 Å². The van der Waals surface area contributed by atoms with Crippen LogP contribution in [-0.4, -0.2) is 23.0 Å². The lowest BCUT2D eigenvalue weighted by Gasteiger charge is -2.38. The van der Waals surface area contributed by atoms with Gasteiger partial charge in [0.15, 0.2) is 0 Å². The van der Waals surface area contributed by atoms with Gasteiger partial charge in [0.1, 0.15) is 17.1 Å². The number of oxime groups is 1. The average Bonchev–Trinajstić information content (AvgIpc) is 2.79. The third-order valence-electron chi connectivity index (χ3n) is 8.05. The summed E-state index contributed by atoms with van der Waals surface area (Å²) in [5.41, 5.74) is 3.21. The maximum Gasteiger partial charge on any atom is 0.308 e. The lowest BCUT2D eigenvalue weighted by Crippen LogP contribution is -2.37. The Morgan fingerprint density at radius 3 is 2.17 bits per heavy atom. The second-order valence-corrected chi connectivity index (χ2v) is 12.0. The molecular weight excluding hydrogens is 450 g/mol. The summed E-state index contributed by atoms with van der Waals surface area (Å²) in [4.78, 5) is 11.7. The standard InChI is InChI=1S/C31H51NO4/c1-21(2)12-9-13-22(3)14-10-15-23(4)16-11-18-31(8)19-17-27-28(20-32-34)29(35-26(7)33)24(5)25(6)30(27)36-31/h20-23,34H,9-19H2,1-8H3/b32-20+/t22-,23-,31-/m1/s1. The lowest BCUT2D eigenvalue weighted by molar-refractivity contribution is -0.131. The van der Waals surface area contributed by atoms with Crippen molar-refractivity contribution in [3.8, 4) is 11.5 Å². The van der Waals surface area contributed by atoms with E-state index in [4.69, 9.17) is 9.47 Å². The molecular formula is C31H51NO4. The quantitative estimate of drug-likeness (QED) is 0.0911. The SMILES string of the molecule is CC(=O)Oc1c(C)c(C)c2c(c1/C=N/O)CC[C@@](C)(CCC[C@H](C)CCC[C@H](C)CCCC(C)C)O2. The highest BCUT2D eigenvalue weighted by Gasteiger charge is 2.35. The summed E-state index contributed by atoms with van der Waals surface area (Å²) in [6.07, 6.45) is 14.6. The molecule has 1 aliphatic rings. The summed E-state index contributed by atoms with van der Waals surface area (Å²) < 4.78 is 12.1. The molecule has 5 heteroatoms. The van der Waals surface area contributed by atoms with Gasteiger partial charge in [0.25, 0.3) is 0 Å². The van der Waals surface area contributed by atoms with Gasteiger partial charge in [-0.1, -0.05) is 77.8 Å². The van der Waals surface area contributed by atoms with Crippen LogP contribution in [0.15, 0.2) is 5.16 Å². The average molecular weight is 502 g/mol. The van der Waals surface area contributed by atoms with Crippen LogP contribution in [0.2, 0.25) is 0 Å². The van der Waals surface area contributed by atoms with Crippen molar-refractivity contribution in [3.63, 3.8) is 0 Å². The van der Waals surface area contributed by atoms with E-state index in [1.807, 2.05) is 13.8 Å². The number of fused-ring (bicyclic) bond motifs is 1. The summed E-state index contributed by atoms with van der Waals surface area (Å²) in [5, 5.41) is 12.5. The van der Waals surface area contributed by atoms with Crippen LogP contribution in [0.3, 0.4) is 0 Å². The van der Waals surface area contributed by atoms with Gasteiger partial charge in [-0.2, -0.15) is 0 Å². The van der Waals surface area contributed by atoms with E-state index in [1.54, 1.807) is 0 Å². The summed E-state index contributed by atoms with van der Waals surface area (Å²) in [6, 6.07) is 0. The number of esters is 1. The van der Waals surface area contributed by atoms with Crippen molar-refractivity contribution in [2.45, 2.75) is 132 Å². The minimum atomic E-state index is -0.388. The normalized spacial score (nSPS) is 19.2. The zero-order valence-electron chi connectivity index (χ0n) is 24.2. The molecule has 0 spiro atoms. The highest BCUT2D eigenvalue weighted by molar-refractivity contribution is 5.90. The molecule has 1 aromatic carbocycles. The van der Waals surface area contributed by atoms with Crippen LogP contribution in [-0.2, 0) is 11.2 Å². The molecule has 3 atom stereocenters. The molecule has 1 heterocycles. The highest BCUT2D eigenvalue weighted by atomic mass is 16.5. The minimum Gasteiger partial charge on any atom is -0.487 e. The van der Waals surface area contributed by atoms with Crippen molar-refractivity contribution in [1.82, 2.24) is 0 Å². The number of benzene rings is 1. The van der Waals surface area contributed by atoms with Gasteiger partial charge < -0.3 is 14.7 Å². The van der Waals surface area contributed by atoms with Gasteiger partial charge in [-0.25, -0.2) is 0 Å². The van der Waals surface area contributed by atoms with E-state index in [2.05, 4.69) is 39.8 Å². The van der Waals surface area contributed by atoms with E-state index < -0.39 is 0 Å². The number of hydrogen-bond acceptors (Lipinski definition) is 5. The van der Waals surface area contributed by atoms with Crippen LogP contribution in [0, 0.1) is 31.6 Å². The first-order valence-corrected chi connectivity index (χ1v) is 14.2. The van der Waals surface area contributed by atoms with Gasteiger partial charge in [-0.05, 0) is 75.3 Å². The molecule has 36 heavy (non-hydrogen) atoms. The maximum absolute atomic E-state index is 11.7. The second kappa shape index (κ2) is 14.0. The van der Waals surface area contributed by atoms with Gasteiger partial charge in [0, 0.05) is 18.1 Å². The van der Waals surface area contributed by atoms with E-state index in [0.29, 0.717) is 11.3 Å². The Morgan fingerprint density at radius 1 is 1.03 bits per heavy atom. The predicted molar refractivity (Wildman–Crippen MR) is 149 cm³/mol. The number of hydrogen-bond donors (Lipinski definition) is 1. The second-order valence-electron chi connectivity index (χ2n) is 12.0. The molecule has 2 rings (SSSR count). The van der Waals surface area contributed by atoms with Crippen LogP contribution >= 0.6 is 0 Å². The van der Waals surface area contributed by atoms with Gasteiger partial charge >= 0.3 is 5.97 Å². The fraction of sp³-hybridized carbons (Fsp3) is 0.742. The molecule has 1 N–H and O–H groups in total. The molecule has 0 saturated heterocycles. The van der Waals surface area contributed by atoms with Gasteiger partial charge in [0.2, 0.25) is 0 Å². The molecule has 0 amide bonds.